The van der Waals surface area contributed by atoms with Gasteiger partial charge in [-0.1, -0.05) is 0 Å². The standard InChI is InChI=1S/2C28H48B2N4.2CH3.2ClH.2Ti/c2*1-19(2)23-15-13-16-24(20(3)4)27(23)31-29(33(9)10)30(34(11)12)32-28-25(21(5)6)17-14-18-26(28)22(7)8;;;;;;/h2*13-22,31-32H,1-12H3;2*1H3;2*1H;;/q;;;;;;-1;+1/p-2. The third-order valence-electron chi connectivity index (χ3n) is 17.0. The number of anilines is 4. The van der Waals surface area contributed by atoms with Crippen molar-refractivity contribution in [1.82, 2.24) is 19.2 Å². The van der Waals surface area contributed by atoms with Crippen molar-refractivity contribution in [2.45, 2.75) is 169 Å². The summed E-state index contributed by atoms with van der Waals surface area (Å²) in [7, 11) is 37.1. The van der Waals surface area contributed by atoms with Gasteiger partial charge in [0.25, 0.3) is 0 Å². The van der Waals surface area contributed by atoms with E-state index >= 15 is 0 Å². The zero-order valence-electron chi connectivity index (χ0n) is 51.4. The van der Waals surface area contributed by atoms with Crippen molar-refractivity contribution in [3.05, 3.63) is 117 Å². The second kappa shape index (κ2) is 26.0. The van der Waals surface area contributed by atoms with E-state index in [0.29, 0.717) is 0 Å². The Hall–Kier alpha value is -1.81. The Morgan fingerprint density at radius 2 is 0.568 bits per heavy atom. The van der Waals surface area contributed by atoms with Crippen LogP contribution in [0.1, 0.15) is 203 Å². The van der Waals surface area contributed by atoms with Gasteiger partial charge in [-0.15, -0.1) is 0 Å². The van der Waals surface area contributed by atoms with Crippen molar-refractivity contribution in [1.29, 1.82) is 0 Å². The average molecular weight is 1120 g/mol. The first-order valence-corrected chi connectivity index (χ1v) is 41.4. The summed E-state index contributed by atoms with van der Waals surface area (Å²) in [4.78, 5) is 9.87. The molecule has 0 aliphatic heterocycles. The Morgan fingerprint density at radius 3 is 0.770 bits per heavy atom. The molecule has 0 bridgehead atoms. The van der Waals surface area contributed by atoms with E-state index in [2.05, 4.69) is 285 Å². The second-order valence-electron chi connectivity index (χ2n) is 25.9. The molecule has 2 atom stereocenters. The molecule has 0 fully saturated rings. The van der Waals surface area contributed by atoms with Crippen LogP contribution in [-0.4, -0.2) is 98.3 Å². The van der Waals surface area contributed by atoms with Gasteiger partial charge in [-0.3, -0.25) is 0 Å². The predicted molar refractivity (Wildman–Crippen MR) is 334 cm³/mol. The zero-order chi connectivity index (χ0) is 56.3. The van der Waals surface area contributed by atoms with Crippen LogP contribution in [0.4, 0.5) is 22.7 Å². The number of halogens is 2. The number of para-hydroxylation sites is 4. The van der Waals surface area contributed by atoms with E-state index in [1.54, 1.807) is 0 Å². The fourth-order valence-electron chi connectivity index (χ4n) is 12.6. The van der Waals surface area contributed by atoms with Gasteiger partial charge in [0.05, 0.1) is 0 Å². The van der Waals surface area contributed by atoms with Crippen molar-refractivity contribution in [2.75, 3.05) is 77.3 Å². The molecule has 0 aliphatic rings. The van der Waals surface area contributed by atoms with Crippen LogP contribution in [0, 0.1) is 0 Å². The number of rotatable bonds is 25. The quantitative estimate of drug-likeness (QED) is 0.0490. The first-order chi connectivity index (χ1) is 34.2. The SMILES string of the molecule is CC(C)c1cccc(C(C)C)c1NB(N(C)C)[B-](Nc1c(C(C)C)cccc1C(C)C)(N(C)C)[Ti]([CH3])([CH3])[Ti]([Cl])([Cl])[B-](Nc1c(C(C)C)cccc1C(C)C)(B(Nc1c(C(C)C)cccc1C(C)C)N(C)C)N(C)C. The van der Waals surface area contributed by atoms with Crippen molar-refractivity contribution in [3.63, 3.8) is 0 Å². The summed E-state index contributed by atoms with van der Waals surface area (Å²) in [5, 5.41) is 23.4. The van der Waals surface area contributed by atoms with Crippen molar-refractivity contribution in [3.8, 4) is 0 Å². The van der Waals surface area contributed by atoms with E-state index in [1.165, 1.54) is 61.6 Å². The van der Waals surface area contributed by atoms with E-state index < -0.39 is 33.2 Å². The molecule has 0 saturated carbocycles. The molecule has 0 spiro atoms. The monoisotopic (exact) mass is 1120 g/mol. The van der Waals surface area contributed by atoms with Crippen LogP contribution in [0.5, 0.6) is 0 Å². The summed E-state index contributed by atoms with van der Waals surface area (Å²) in [6.45, 7) is 36.5. The van der Waals surface area contributed by atoms with Crippen molar-refractivity contribution in [2.24, 2.45) is 0 Å². The number of benzene rings is 4. The zero-order valence-corrected chi connectivity index (χ0v) is 56.0. The molecule has 0 saturated heterocycles. The van der Waals surface area contributed by atoms with Gasteiger partial charge < -0.3 is 0 Å². The van der Waals surface area contributed by atoms with Gasteiger partial charge in [-0.2, -0.15) is 0 Å². The van der Waals surface area contributed by atoms with Crippen molar-refractivity contribution >= 4 is 64.1 Å². The summed E-state index contributed by atoms with van der Waals surface area (Å²) < 4.78 is -4.17. The molecule has 0 aliphatic carbocycles. The summed E-state index contributed by atoms with van der Waals surface area (Å²) in [5.41, 5.74) is 15.1. The van der Waals surface area contributed by atoms with E-state index in [0.717, 1.165) is 5.69 Å². The average Bonchev–Trinajstić information content (AvgIpc) is 3.29. The second-order valence-corrected chi connectivity index (χ2v) is 59.2. The van der Waals surface area contributed by atoms with E-state index in [1.807, 2.05) is 0 Å². The van der Waals surface area contributed by atoms with Crippen LogP contribution in [0.25, 0.3) is 0 Å². The molecule has 8 nitrogen and oxygen atoms in total. The van der Waals surface area contributed by atoms with E-state index in [9.17, 15) is 18.6 Å². The third-order valence-corrected chi connectivity index (χ3v) is 63.9. The van der Waals surface area contributed by atoms with Gasteiger partial charge in [-0.05, 0) is 0 Å². The Balaban J connectivity index is 2.43. The fraction of sp³-hybridized carbons (Fsp3) is 0.586. The van der Waals surface area contributed by atoms with Crippen LogP contribution >= 0.6 is 18.6 Å². The maximum atomic E-state index is 9.48. The van der Waals surface area contributed by atoms with Crippen LogP contribution in [0.3, 0.4) is 0 Å². The Kier molecular flexibility index (Phi) is 22.7. The van der Waals surface area contributed by atoms with E-state index in [-0.39, 0.29) is 61.1 Å². The van der Waals surface area contributed by atoms with E-state index in [4.69, 9.17) is 5.23 Å². The summed E-state index contributed by atoms with van der Waals surface area (Å²) in [5.74, 6) is 2.11. The fourth-order valence-corrected chi connectivity index (χ4v) is 48.8. The Labute approximate surface area is 466 Å². The maximum absolute atomic E-state index is 9.48. The molecule has 0 aromatic heterocycles. The summed E-state index contributed by atoms with van der Waals surface area (Å²) in [6, 6.07) is 27.5. The summed E-state index contributed by atoms with van der Waals surface area (Å²) in [6.07, 6.45) is 0. The van der Waals surface area contributed by atoms with Crippen LogP contribution in [0.15, 0.2) is 72.8 Å². The normalized spacial score (nSPS) is 14.5. The van der Waals surface area contributed by atoms with Crippen LogP contribution in [0.2, 0.25) is 10.5 Å². The molecule has 2 unspecified atom stereocenters. The Bertz CT molecular complexity index is 2210. The van der Waals surface area contributed by atoms with Gasteiger partial charge in [0.15, 0.2) is 0 Å². The molecule has 0 amide bonds. The number of nitrogens with one attached hydrogen (secondary N) is 4. The predicted octanol–water partition coefficient (Wildman–Crippen LogP) is 16.3. The topological polar surface area (TPSA) is 61.1 Å². The van der Waals surface area contributed by atoms with Gasteiger partial charge in [0, 0.05) is 0 Å². The molecule has 0 radical (unpaired) electrons. The molecule has 4 N–H and O–H groups in total. The third kappa shape index (κ3) is 12.6. The van der Waals surface area contributed by atoms with Crippen LogP contribution < -0.4 is 20.9 Å². The first kappa shape index (κ1) is 64.7. The number of hydrogen-bond donors (Lipinski definition) is 4. The van der Waals surface area contributed by atoms with Gasteiger partial charge in [0.1, 0.15) is 0 Å². The van der Waals surface area contributed by atoms with Crippen LogP contribution in [-0.2, 0) is 24.2 Å². The van der Waals surface area contributed by atoms with Gasteiger partial charge in [0.2, 0.25) is 0 Å². The molecule has 16 heteroatoms. The minimum atomic E-state index is -4.78. The van der Waals surface area contributed by atoms with Gasteiger partial charge in [-0.25, -0.2) is 0 Å². The number of nitrogens with zero attached hydrogens (tertiary/aromatic N) is 4. The molecule has 4 rings (SSSR count). The Morgan fingerprint density at radius 1 is 0.365 bits per heavy atom. The molecule has 410 valence electrons. The molecule has 4 aromatic carbocycles. The van der Waals surface area contributed by atoms with Gasteiger partial charge >= 0.3 is 471 Å². The molecule has 4 aromatic rings. The molecule has 0 heterocycles. The molecular formula is C58H102B4Cl2N8Ti2-2. The first-order valence-electron chi connectivity index (χ1n) is 28.2. The number of hydrogen-bond acceptors (Lipinski definition) is 8. The van der Waals surface area contributed by atoms with Crippen molar-refractivity contribution < 1.29 is 24.2 Å². The molecule has 74 heavy (non-hydrogen) atoms. The minimum absolute atomic E-state index is 0.237. The summed E-state index contributed by atoms with van der Waals surface area (Å²) >= 11 is -8.98. The molecular weight excluding hydrogens is 1020 g/mol.